The Morgan fingerprint density at radius 3 is 0.650 bits per heavy atom. The number of thiol groups is 4. The summed E-state index contributed by atoms with van der Waals surface area (Å²) in [6, 6.07) is 17.7. The lowest BCUT2D eigenvalue weighted by Crippen LogP contribution is -2.14. The Balaban J connectivity index is 1.84. The van der Waals surface area contributed by atoms with E-state index in [2.05, 4.69) is 48.5 Å². The van der Waals surface area contributed by atoms with Gasteiger partial charge < -0.3 is 37.9 Å². The van der Waals surface area contributed by atoms with Gasteiger partial charge in [0.2, 0.25) is 0 Å². The molecule has 0 saturated heterocycles. The maximum absolute atomic E-state index is 6.77. The third kappa shape index (κ3) is 13.7. The molecule has 4 aromatic rings. The molecule has 4 aromatic carbocycles. The number of fused-ring (bicyclic) bond motifs is 8. The topological polar surface area (TPSA) is 73.8 Å². The Hall–Kier alpha value is -2.68. The minimum absolute atomic E-state index is 0.404. The van der Waals surface area contributed by atoms with Crippen molar-refractivity contribution >= 4 is 50.5 Å². The monoisotopic (exact) mass is 896 g/mol. The minimum Gasteiger partial charge on any atom is -0.491 e. The fraction of sp³-hybridized carbons (Fsp3) is 0.500. The van der Waals surface area contributed by atoms with Gasteiger partial charge in [0.15, 0.2) is 0 Å². The molecule has 0 saturated carbocycles. The van der Waals surface area contributed by atoms with Crippen LogP contribution in [0, 0.1) is 0 Å². The van der Waals surface area contributed by atoms with Crippen molar-refractivity contribution in [3.05, 3.63) is 115 Å². The first-order valence-electron chi connectivity index (χ1n) is 21.2. The van der Waals surface area contributed by atoms with E-state index in [4.69, 9.17) is 88.4 Å². The quantitative estimate of drug-likeness (QED) is 0.0361. The van der Waals surface area contributed by atoms with E-state index in [0.29, 0.717) is 128 Å². The number of hydrogen-bond acceptors (Lipinski definition) is 12. The molecule has 5 rings (SSSR count). The first-order chi connectivity index (χ1) is 29.4. The fourth-order valence-corrected chi connectivity index (χ4v) is 8.40. The van der Waals surface area contributed by atoms with Crippen LogP contribution in [0.4, 0.5) is 0 Å². The number of benzene rings is 4. The van der Waals surface area contributed by atoms with Crippen LogP contribution < -0.4 is 18.9 Å². The molecule has 328 valence electrons. The van der Waals surface area contributed by atoms with Gasteiger partial charge in [-0.15, -0.1) is 0 Å². The normalized spacial score (nSPS) is 12.4. The molecule has 0 unspecified atom stereocenters. The number of hydrogen-bond donors (Lipinski definition) is 4. The van der Waals surface area contributed by atoms with Crippen molar-refractivity contribution in [1.82, 2.24) is 0 Å². The van der Waals surface area contributed by atoms with Crippen molar-refractivity contribution < 1.29 is 37.9 Å². The zero-order valence-corrected chi connectivity index (χ0v) is 39.4. The molecule has 0 heterocycles. The molecule has 0 fully saturated rings. The van der Waals surface area contributed by atoms with Crippen molar-refractivity contribution in [2.75, 3.05) is 79.3 Å². The van der Waals surface area contributed by atoms with Gasteiger partial charge in [0.25, 0.3) is 0 Å². The van der Waals surface area contributed by atoms with Crippen LogP contribution in [-0.2, 0) is 67.6 Å². The van der Waals surface area contributed by atoms with E-state index < -0.39 is 0 Å². The van der Waals surface area contributed by atoms with Crippen molar-refractivity contribution in [1.29, 1.82) is 0 Å². The standard InChI is InChI=1S/C48H64O8S4/c1-5-49-9-13-53-45-37-17-33(29-57)18-38(45)26-40-20-35(31-59)22-42(47(40)55-15-11-51-7-3)28-44-24-36(32-60)23-43(48(44)56-16-12-52-8-4)27-41-21-34(30-58)19-39(25-37)46(41)54-14-10-50-6-2/h17-24,57-60H,5-16,25-32H2,1-4H3. The van der Waals surface area contributed by atoms with Crippen molar-refractivity contribution in [3.63, 3.8) is 0 Å². The highest BCUT2D eigenvalue weighted by Crippen LogP contribution is 2.41. The van der Waals surface area contributed by atoms with Gasteiger partial charge in [0, 0.05) is 75.1 Å². The average molecular weight is 897 g/mol. The van der Waals surface area contributed by atoms with Gasteiger partial charge in [-0.05, 0) is 94.5 Å². The van der Waals surface area contributed by atoms with Gasteiger partial charge in [-0.1, -0.05) is 48.5 Å². The van der Waals surface area contributed by atoms with Crippen molar-refractivity contribution in [2.45, 2.75) is 76.4 Å². The van der Waals surface area contributed by atoms with E-state index in [1.807, 2.05) is 27.7 Å². The highest BCUT2D eigenvalue weighted by atomic mass is 32.1. The van der Waals surface area contributed by atoms with E-state index >= 15 is 0 Å². The third-order valence-corrected chi connectivity index (χ3v) is 11.6. The van der Waals surface area contributed by atoms with E-state index in [9.17, 15) is 0 Å². The third-order valence-electron chi connectivity index (χ3n) is 10.2. The maximum Gasteiger partial charge on any atom is 0.126 e. The van der Waals surface area contributed by atoms with Crippen LogP contribution >= 0.6 is 50.5 Å². The number of rotatable bonds is 24. The smallest absolute Gasteiger partial charge is 0.126 e. The lowest BCUT2D eigenvalue weighted by molar-refractivity contribution is 0.108. The summed E-state index contributed by atoms with van der Waals surface area (Å²) in [5.74, 6) is 5.57. The molecule has 8 bridgehead atoms. The van der Waals surface area contributed by atoms with Gasteiger partial charge in [0.05, 0.1) is 26.4 Å². The van der Waals surface area contributed by atoms with Crippen molar-refractivity contribution in [2.24, 2.45) is 0 Å². The summed E-state index contributed by atoms with van der Waals surface area (Å²) >= 11 is 19.2. The summed E-state index contributed by atoms with van der Waals surface area (Å²) in [4.78, 5) is 0. The predicted octanol–water partition coefficient (Wildman–Crippen LogP) is 9.74. The summed E-state index contributed by atoms with van der Waals surface area (Å²) in [5.41, 5.74) is 12.7. The lowest BCUT2D eigenvalue weighted by atomic mass is 9.88. The first-order valence-corrected chi connectivity index (χ1v) is 23.8. The molecular weight excluding hydrogens is 833 g/mol. The molecule has 1 aliphatic carbocycles. The van der Waals surface area contributed by atoms with Crippen LogP contribution in [0.25, 0.3) is 0 Å². The summed E-state index contributed by atoms with van der Waals surface area (Å²) in [7, 11) is 0. The molecule has 60 heavy (non-hydrogen) atoms. The molecule has 0 amide bonds. The first kappa shape index (κ1) is 48.4. The molecule has 0 N–H and O–H groups in total. The minimum atomic E-state index is 0.404. The van der Waals surface area contributed by atoms with Gasteiger partial charge in [-0.2, -0.15) is 50.5 Å². The van der Waals surface area contributed by atoms with Crippen LogP contribution in [0.1, 0.15) is 94.5 Å². The zero-order chi connectivity index (χ0) is 42.7. The highest BCUT2D eigenvalue weighted by Gasteiger charge is 2.24. The highest BCUT2D eigenvalue weighted by molar-refractivity contribution is 7.79. The maximum atomic E-state index is 6.77. The second kappa shape index (κ2) is 26.1. The van der Waals surface area contributed by atoms with Crippen LogP contribution in [0.3, 0.4) is 0 Å². The second-order valence-corrected chi connectivity index (χ2v) is 15.8. The van der Waals surface area contributed by atoms with Crippen LogP contribution in [-0.4, -0.2) is 79.3 Å². The molecular formula is C48H64O8S4. The molecule has 1 aliphatic rings. The van der Waals surface area contributed by atoms with Crippen LogP contribution in [0.2, 0.25) is 0 Å². The molecule has 0 spiro atoms. The Labute approximate surface area is 380 Å². The van der Waals surface area contributed by atoms with Gasteiger partial charge in [0.1, 0.15) is 49.4 Å². The second-order valence-electron chi connectivity index (χ2n) is 14.5. The van der Waals surface area contributed by atoms with Crippen LogP contribution in [0.5, 0.6) is 23.0 Å². The molecule has 0 aromatic heterocycles. The van der Waals surface area contributed by atoms with Crippen molar-refractivity contribution in [3.8, 4) is 23.0 Å². The van der Waals surface area contributed by atoms with Gasteiger partial charge in [-0.25, -0.2) is 0 Å². The van der Waals surface area contributed by atoms with E-state index in [-0.39, 0.29) is 0 Å². The van der Waals surface area contributed by atoms with E-state index in [1.54, 1.807) is 0 Å². The Kier molecular flexibility index (Phi) is 21.0. The molecule has 0 aliphatic heterocycles. The molecule has 12 heteroatoms. The van der Waals surface area contributed by atoms with Gasteiger partial charge >= 0.3 is 0 Å². The Bertz CT molecular complexity index is 1580. The molecule has 0 atom stereocenters. The lowest BCUT2D eigenvalue weighted by Gasteiger charge is -2.25. The molecule has 0 radical (unpaired) electrons. The average Bonchev–Trinajstić information content (AvgIpc) is 3.25. The van der Waals surface area contributed by atoms with E-state index in [0.717, 1.165) is 89.8 Å². The predicted molar refractivity (Wildman–Crippen MR) is 256 cm³/mol. The fourth-order valence-electron chi connectivity index (χ4n) is 7.67. The Morgan fingerprint density at radius 2 is 0.500 bits per heavy atom. The molecule has 8 nitrogen and oxygen atoms in total. The zero-order valence-electron chi connectivity index (χ0n) is 35.8. The SMILES string of the molecule is CCOCCOc1c2cc(CS)cc1Cc1cc(CS)cc(c1OCCOCC)Cc1cc(CS)cc(c1OCCOCC)Cc1cc(CS)cc(c1OCCOCC)C2. The van der Waals surface area contributed by atoms with E-state index in [1.165, 1.54) is 0 Å². The largest absolute Gasteiger partial charge is 0.491 e. The Morgan fingerprint density at radius 1 is 0.317 bits per heavy atom. The number of ether oxygens (including phenoxy) is 8. The summed E-state index contributed by atoms with van der Waals surface area (Å²) < 4.78 is 50.2. The van der Waals surface area contributed by atoms with Gasteiger partial charge in [-0.3, -0.25) is 0 Å². The van der Waals surface area contributed by atoms with Crippen LogP contribution in [0.15, 0.2) is 48.5 Å². The summed E-state index contributed by atoms with van der Waals surface area (Å²) in [6.45, 7) is 13.9. The summed E-state index contributed by atoms with van der Waals surface area (Å²) in [6.07, 6.45) is 2.21. The summed E-state index contributed by atoms with van der Waals surface area (Å²) in [5, 5.41) is 0.